The SMILES string of the molecule is Cc1cc([N+](=O)[O-])cc(OC(F)F)c1F. The van der Waals surface area contributed by atoms with Gasteiger partial charge in [-0.1, -0.05) is 0 Å². The first-order valence-corrected chi connectivity index (χ1v) is 3.81. The Morgan fingerprint density at radius 3 is 2.53 bits per heavy atom. The normalized spacial score (nSPS) is 10.5. The van der Waals surface area contributed by atoms with Crippen molar-refractivity contribution >= 4 is 5.69 Å². The van der Waals surface area contributed by atoms with E-state index in [0.29, 0.717) is 6.07 Å². The van der Waals surface area contributed by atoms with Crippen LogP contribution in [0.2, 0.25) is 0 Å². The van der Waals surface area contributed by atoms with E-state index in [9.17, 15) is 23.3 Å². The fraction of sp³-hybridized carbons (Fsp3) is 0.250. The molecule has 0 amide bonds. The van der Waals surface area contributed by atoms with E-state index < -0.39 is 28.8 Å². The molecule has 0 aliphatic carbocycles. The van der Waals surface area contributed by atoms with Crippen LogP contribution < -0.4 is 4.74 Å². The van der Waals surface area contributed by atoms with Gasteiger partial charge in [-0.15, -0.1) is 0 Å². The minimum atomic E-state index is -3.22. The van der Waals surface area contributed by atoms with Crippen LogP contribution in [0.5, 0.6) is 5.75 Å². The topological polar surface area (TPSA) is 52.4 Å². The smallest absolute Gasteiger partial charge is 0.387 e. The standard InChI is InChI=1S/C8H6F3NO3/c1-4-2-5(12(13)14)3-6(7(4)9)15-8(10)11/h2-3,8H,1H3. The van der Waals surface area contributed by atoms with E-state index in [1.54, 1.807) is 0 Å². The summed E-state index contributed by atoms with van der Waals surface area (Å²) >= 11 is 0. The summed E-state index contributed by atoms with van der Waals surface area (Å²) in [5.41, 5.74) is -0.621. The fourth-order valence-electron chi connectivity index (χ4n) is 1.01. The predicted octanol–water partition coefficient (Wildman–Crippen LogP) is 2.64. The maximum absolute atomic E-state index is 13.1. The van der Waals surface area contributed by atoms with Gasteiger partial charge >= 0.3 is 6.61 Å². The molecule has 0 saturated carbocycles. The molecule has 0 spiro atoms. The number of hydrogen-bond donors (Lipinski definition) is 0. The van der Waals surface area contributed by atoms with Crippen LogP contribution in [0.25, 0.3) is 0 Å². The molecule has 0 unspecified atom stereocenters. The lowest BCUT2D eigenvalue weighted by Gasteiger charge is -2.06. The number of hydrogen-bond acceptors (Lipinski definition) is 3. The van der Waals surface area contributed by atoms with Crippen molar-refractivity contribution in [1.82, 2.24) is 0 Å². The second-order valence-electron chi connectivity index (χ2n) is 2.71. The molecule has 0 aliphatic rings. The zero-order chi connectivity index (χ0) is 11.6. The van der Waals surface area contributed by atoms with Crippen molar-refractivity contribution < 1.29 is 22.8 Å². The molecule has 7 heteroatoms. The first kappa shape index (κ1) is 11.3. The number of ether oxygens (including phenoxy) is 1. The minimum absolute atomic E-state index is 0.125. The van der Waals surface area contributed by atoms with Crippen molar-refractivity contribution in [2.45, 2.75) is 13.5 Å². The van der Waals surface area contributed by atoms with Gasteiger partial charge in [-0.25, -0.2) is 4.39 Å². The van der Waals surface area contributed by atoms with Crippen LogP contribution in [0.1, 0.15) is 5.56 Å². The lowest BCUT2D eigenvalue weighted by molar-refractivity contribution is -0.385. The summed E-state index contributed by atoms with van der Waals surface area (Å²) in [5, 5.41) is 10.3. The summed E-state index contributed by atoms with van der Waals surface area (Å²) in [6.07, 6.45) is 0. The van der Waals surface area contributed by atoms with Crippen LogP contribution in [0.15, 0.2) is 12.1 Å². The summed E-state index contributed by atoms with van der Waals surface area (Å²) in [6, 6.07) is 1.56. The molecule has 0 N–H and O–H groups in total. The van der Waals surface area contributed by atoms with E-state index >= 15 is 0 Å². The molecule has 0 atom stereocenters. The van der Waals surface area contributed by atoms with Gasteiger partial charge in [-0.2, -0.15) is 8.78 Å². The number of benzene rings is 1. The minimum Gasteiger partial charge on any atom is -0.431 e. The summed E-state index contributed by atoms with van der Waals surface area (Å²) in [4.78, 5) is 9.53. The van der Waals surface area contributed by atoms with Gasteiger partial charge in [-0.05, 0) is 12.5 Å². The van der Waals surface area contributed by atoms with Crippen LogP contribution in [-0.4, -0.2) is 11.5 Å². The van der Waals surface area contributed by atoms with Crippen molar-refractivity contribution in [3.05, 3.63) is 33.6 Å². The molecule has 0 aromatic heterocycles. The Morgan fingerprint density at radius 1 is 1.47 bits per heavy atom. The van der Waals surface area contributed by atoms with E-state index in [1.165, 1.54) is 6.92 Å². The molecular formula is C8H6F3NO3. The van der Waals surface area contributed by atoms with Gasteiger partial charge < -0.3 is 4.74 Å². The highest BCUT2D eigenvalue weighted by Gasteiger charge is 2.17. The number of nitro groups is 1. The number of non-ortho nitro benzene ring substituents is 1. The molecule has 1 rings (SSSR count). The molecule has 0 aliphatic heterocycles. The lowest BCUT2D eigenvalue weighted by Crippen LogP contribution is -2.05. The highest BCUT2D eigenvalue weighted by atomic mass is 19.3. The molecular weight excluding hydrogens is 215 g/mol. The van der Waals surface area contributed by atoms with E-state index in [1.807, 2.05) is 0 Å². The van der Waals surface area contributed by atoms with Crippen molar-refractivity contribution in [2.24, 2.45) is 0 Å². The van der Waals surface area contributed by atoms with Crippen LogP contribution in [-0.2, 0) is 0 Å². The second-order valence-corrected chi connectivity index (χ2v) is 2.71. The Labute approximate surface area is 82.4 Å². The zero-order valence-corrected chi connectivity index (χ0v) is 7.54. The molecule has 0 heterocycles. The quantitative estimate of drug-likeness (QED) is 0.582. The largest absolute Gasteiger partial charge is 0.431 e. The molecule has 1 aromatic rings. The van der Waals surface area contributed by atoms with E-state index in [4.69, 9.17) is 0 Å². The van der Waals surface area contributed by atoms with Gasteiger partial charge in [0.25, 0.3) is 5.69 Å². The third kappa shape index (κ3) is 2.58. The van der Waals surface area contributed by atoms with Crippen LogP contribution in [0, 0.1) is 22.9 Å². The first-order valence-electron chi connectivity index (χ1n) is 3.81. The van der Waals surface area contributed by atoms with Crippen molar-refractivity contribution in [3.63, 3.8) is 0 Å². The summed E-state index contributed by atoms with van der Waals surface area (Å²) < 4.78 is 40.5. The zero-order valence-electron chi connectivity index (χ0n) is 7.54. The van der Waals surface area contributed by atoms with E-state index in [2.05, 4.69) is 4.74 Å². The highest BCUT2D eigenvalue weighted by Crippen LogP contribution is 2.27. The number of nitro benzene ring substituents is 1. The van der Waals surface area contributed by atoms with Gasteiger partial charge in [0.15, 0.2) is 11.6 Å². The second kappa shape index (κ2) is 4.16. The van der Waals surface area contributed by atoms with Crippen molar-refractivity contribution in [2.75, 3.05) is 0 Å². The van der Waals surface area contributed by atoms with E-state index in [0.717, 1.165) is 6.07 Å². The summed E-state index contributed by atoms with van der Waals surface area (Å²) in [5.74, 6) is -1.85. The third-order valence-electron chi connectivity index (χ3n) is 1.63. The molecule has 0 fully saturated rings. The number of aryl methyl sites for hydroxylation is 1. The van der Waals surface area contributed by atoms with Gasteiger partial charge in [-0.3, -0.25) is 10.1 Å². The maximum Gasteiger partial charge on any atom is 0.387 e. The number of rotatable bonds is 3. The molecule has 4 nitrogen and oxygen atoms in total. The Morgan fingerprint density at radius 2 is 2.07 bits per heavy atom. The Hall–Kier alpha value is -1.79. The number of halogens is 3. The molecule has 0 radical (unpaired) electrons. The average Bonchev–Trinajstić information content (AvgIpc) is 2.11. The third-order valence-corrected chi connectivity index (χ3v) is 1.63. The van der Waals surface area contributed by atoms with Crippen LogP contribution in [0.3, 0.4) is 0 Å². The van der Waals surface area contributed by atoms with Gasteiger partial charge in [0, 0.05) is 6.07 Å². The average molecular weight is 221 g/mol. The highest BCUT2D eigenvalue weighted by molar-refractivity contribution is 5.43. The van der Waals surface area contributed by atoms with Gasteiger partial charge in [0.1, 0.15) is 0 Å². The molecule has 0 saturated heterocycles. The van der Waals surface area contributed by atoms with Crippen LogP contribution in [0.4, 0.5) is 18.9 Å². The lowest BCUT2D eigenvalue weighted by atomic mass is 10.2. The molecule has 1 aromatic carbocycles. The van der Waals surface area contributed by atoms with Crippen LogP contribution >= 0.6 is 0 Å². The monoisotopic (exact) mass is 221 g/mol. The Balaban J connectivity index is 3.19. The van der Waals surface area contributed by atoms with Crippen molar-refractivity contribution in [1.29, 1.82) is 0 Å². The van der Waals surface area contributed by atoms with Gasteiger partial charge in [0.2, 0.25) is 0 Å². The Bertz CT molecular complexity index is 395. The first-order chi connectivity index (χ1) is 6.91. The molecule has 82 valence electrons. The van der Waals surface area contributed by atoms with Crippen molar-refractivity contribution in [3.8, 4) is 5.75 Å². The van der Waals surface area contributed by atoms with E-state index in [-0.39, 0.29) is 5.56 Å². The summed E-state index contributed by atoms with van der Waals surface area (Å²) in [7, 11) is 0. The molecule has 0 bridgehead atoms. The Kier molecular flexibility index (Phi) is 3.13. The molecule has 15 heavy (non-hydrogen) atoms. The number of nitrogens with zero attached hydrogens (tertiary/aromatic N) is 1. The number of alkyl halides is 2. The van der Waals surface area contributed by atoms with Gasteiger partial charge in [0.05, 0.1) is 11.0 Å². The fourth-order valence-corrected chi connectivity index (χ4v) is 1.01. The summed E-state index contributed by atoms with van der Waals surface area (Å²) in [6.45, 7) is -2.00. The predicted molar refractivity (Wildman–Crippen MR) is 44.4 cm³/mol. The maximum atomic E-state index is 13.1.